The molecular weight excluding hydrogens is 214 g/mol. The van der Waals surface area contributed by atoms with Crippen LogP contribution < -0.4 is 5.32 Å². The lowest BCUT2D eigenvalue weighted by Crippen LogP contribution is -2.03. The Morgan fingerprint density at radius 1 is 1.35 bits per heavy atom. The highest BCUT2D eigenvalue weighted by atomic mass is 15.5. The Balaban J connectivity index is 2.12. The normalized spacial score (nSPS) is 10.5. The summed E-state index contributed by atoms with van der Waals surface area (Å²) in [6, 6.07) is 6.20. The molecule has 0 aliphatic carbocycles. The lowest BCUT2D eigenvalue weighted by molar-refractivity contribution is 0.785. The van der Waals surface area contributed by atoms with Gasteiger partial charge in [-0.25, -0.2) is 4.68 Å². The summed E-state index contributed by atoms with van der Waals surface area (Å²) in [6.07, 6.45) is 4.00. The Labute approximate surface area is 101 Å². The highest BCUT2D eigenvalue weighted by Gasteiger charge is 2.03. The van der Waals surface area contributed by atoms with E-state index in [0.29, 0.717) is 0 Å². The maximum absolute atomic E-state index is 3.89. The molecule has 0 amide bonds. The van der Waals surface area contributed by atoms with Crippen molar-refractivity contribution in [3.8, 4) is 5.69 Å². The second-order valence-electron chi connectivity index (χ2n) is 4.04. The van der Waals surface area contributed by atoms with Gasteiger partial charge in [0, 0.05) is 12.2 Å². The molecule has 0 saturated heterocycles. The van der Waals surface area contributed by atoms with Gasteiger partial charge in [-0.1, -0.05) is 13.3 Å². The zero-order valence-electron chi connectivity index (χ0n) is 10.2. The summed E-state index contributed by atoms with van der Waals surface area (Å²) in [4.78, 5) is 0. The van der Waals surface area contributed by atoms with Crippen molar-refractivity contribution in [2.24, 2.45) is 0 Å². The third kappa shape index (κ3) is 2.81. The first-order valence-corrected chi connectivity index (χ1v) is 5.89. The summed E-state index contributed by atoms with van der Waals surface area (Å²) in [5.74, 6) is 0. The van der Waals surface area contributed by atoms with Gasteiger partial charge in [-0.05, 0) is 47.5 Å². The minimum absolute atomic E-state index is 1.01. The molecule has 0 saturated carbocycles. The molecule has 90 valence electrons. The highest BCUT2D eigenvalue weighted by molar-refractivity contribution is 5.53. The molecule has 2 aromatic rings. The largest absolute Gasteiger partial charge is 0.385 e. The topological polar surface area (TPSA) is 55.6 Å². The van der Waals surface area contributed by atoms with Gasteiger partial charge in [-0.3, -0.25) is 0 Å². The Morgan fingerprint density at radius 2 is 2.24 bits per heavy atom. The second kappa shape index (κ2) is 5.43. The number of rotatable bonds is 5. The van der Waals surface area contributed by atoms with Crippen LogP contribution in [0.5, 0.6) is 0 Å². The van der Waals surface area contributed by atoms with E-state index in [1.54, 1.807) is 11.0 Å². The van der Waals surface area contributed by atoms with E-state index in [2.05, 4.69) is 46.8 Å². The van der Waals surface area contributed by atoms with Crippen molar-refractivity contribution < 1.29 is 0 Å². The number of hydrogen-bond donors (Lipinski definition) is 1. The van der Waals surface area contributed by atoms with Crippen LogP contribution >= 0.6 is 0 Å². The van der Waals surface area contributed by atoms with Crippen LogP contribution in [0.3, 0.4) is 0 Å². The van der Waals surface area contributed by atoms with Crippen LogP contribution in [0.25, 0.3) is 5.69 Å². The average molecular weight is 231 g/mol. The van der Waals surface area contributed by atoms with E-state index in [9.17, 15) is 0 Å². The van der Waals surface area contributed by atoms with Crippen LogP contribution in [-0.4, -0.2) is 26.8 Å². The van der Waals surface area contributed by atoms with Gasteiger partial charge in [-0.15, -0.1) is 5.10 Å². The maximum atomic E-state index is 3.89. The quantitative estimate of drug-likeness (QED) is 0.801. The first-order chi connectivity index (χ1) is 8.31. The molecule has 5 heteroatoms. The van der Waals surface area contributed by atoms with Crippen molar-refractivity contribution in [3.05, 3.63) is 30.1 Å². The molecule has 2 rings (SSSR count). The van der Waals surface area contributed by atoms with Crippen molar-refractivity contribution in [3.63, 3.8) is 0 Å². The fourth-order valence-corrected chi connectivity index (χ4v) is 1.70. The Kier molecular flexibility index (Phi) is 3.69. The van der Waals surface area contributed by atoms with Gasteiger partial charge in [0.15, 0.2) is 0 Å². The van der Waals surface area contributed by atoms with Crippen molar-refractivity contribution in [1.29, 1.82) is 0 Å². The van der Waals surface area contributed by atoms with Gasteiger partial charge in [0.1, 0.15) is 6.33 Å². The summed E-state index contributed by atoms with van der Waals surface area (Å²) in [5, 5.41) is 14.6. The van der Waals surface area contributed by atoms with E-state index >= 15 is 0 Å². The van der Waals surface area contributed by atoms with Crippen molar-refractivity contribution in [1.82, 2.24) is 20.2 Å². The fourth-order valence-electron chi connectivity index (χ4n) is 1.70. The molecule has 1 aromatic heterocycles. The monoisotopic (exact) mass is 231 g/mol. The third-order valence-corrected chi connectivity index (χ3v) is 2.65. The van der Waals surface area contributed by atoms with E-state index in [1.807, 2.05) is 6.07 Å². The zero-order valence-corrected chi connectivity index (χ0v) is 10.2. The van der Waals surface area contributed by atoms with Gasteiger partial charge in [0.05, 0.1) is 5.69 Å². The molecular formula is C12H17N5. The minimum atomic E-state index is 1.01. The number of nitrogens with one attached hydrogen (secondary N) is 1. The molecule has 0 radical (unpaired) electrons. The second-order valence-corrected chi connectivity index (χ2v) is 4.04. The number of aryl methyl sites for hydroxylation is 1. The average Bonchev–Trinajstić information content (AvgIpc) is 2.83. The predicted octanol–water partition coefficient (Wildman–Crippen LogP) is 2.18. The zero-order chi connectivity index (χ0) is 12.1. The van der Waals surface area contributed by atoms with Gasteiger partial charge >= 0.3 is 0 Å². The molecule has 0 bridgehead atoms. The van der Waals surface area contributed by atoms with Crippen LogP contribution in [-0.2, 0) is 0 Å². The smallest absolute Gasteiger partial charge is 0.143 e. The lowest BCUT2D eigenvalue weighted by Gasteiger charge is -2.09. The summed E-state index contributed by atoms with van der Waals surface area (Å²) in [7, 11) is 0. The van der Waals surface area contributed by atoms with Gasteiger partial charge < -0.3 is 5.32 Å². The standard InChI is InChI=1S/C12H17N5/c1-3-4-7-13-11-5-6-12(10(2)8-11)17-9-14-15-16-17/h5-6,8-9,13H,3-4,7H2,1-2H3. The number of anilines is 1. The molecule has 0 atom stereocenters. The first kappa shape index (κ1) is 11.6. The van der Waals surface area contributed by atoms with E-state index in [4.69, 9.17) is 0 Å². The number of unbranched alkanes of at least 4 members (excludes halogenated alkanes) is 1. The molecule has 0 unspecified atom stereocenters. The number of aromatic nitrogens is 4. The molecule has 0 spiro atoms. The number of benzene rings is 1. The van der Waals surface area contributed by atoms with E-state index in [1.165, 1.54) is 12.8 Å². The SMILES string of the molecule is CCCCNc1ccc(-n2cnnn2)c(C)c1. The Hall–Kier alpha value is -1.91. The van der Waals surface area contributed by atoms with Crippen LogP contribution in [0, 0.1) is 6.92 Å². The summed E-state index contributed by atoms with van der Waals surface area (Å²) in [6.45, 7) is 5.26. The molecule has 17 heavy (non-hydrogen) atoms. The van der Waals surface area contributed by atoms with Gasteiger partial charge in [0.2, 0.25) is 0 Å². The van der Waals surface area contributed by atoms with Crippen molar-refractivity contribution in [2.45, 2.75) is 26.7 Å². The van der Waals surface area contributed by atoms with Crippen molar-refractivity contribution >= 4 is 5.69 Å². The van der Waals surface area contributed by atoms with Gasteiger partial charge in [0.25, 0.3) is 0 Å². The molecule has 1 aromatic carbocycles. The fraction of sp³-hybridized carbons (Fsp3) is 0.417. The Morgan fingerprint density at radius 3 is 2.88 bits per heavy atom. The van der Waals surface area contributed by atoms with Gasteiger partial charge in [-0.2, -0.15) is 0 Å². The van der Waals surface area contributed by atoms with E-state index in [0.717, 1.165) is 23.5 Å². The summed E-state index contributed by atoms with van der Waals surface area (Å²) >= 11 is 0. The highest BCUT2D eigenvalue weighted by Crippen LogP contribution is 2.17. The van der Waals surface area contributed by atoms with Crippen LogP contribution in [0.1, 0.15) is 25.3 Å². The number of tetrazole rings is 1. The first-order valence-electron chi connectivity index (χ1n) is 5.89. The molecule has 1 heterocycles. The maximum Gasteiger partial charge on any atom is 0.143 e. The number of nitrogens with zero attached hydrogens (tertiary/aromatic N) is 4. The van der Waals surface area contributed by atoms with Crippen molar-refractivity contribution in [2.75, 3.05) is 11.9 Å². The lowest BCUT2D eigenvalue weighted by atomic mass is 10.1. The van der Waals surface area contributed by atoms with E-state index < -0.39 is 0 Å². The molecule has 5 nitrogen and oxygen atoms in total. The van der Waals surface area contributed by atoms with Crippen LogP contribution in [0.15, 0.2) is 24.5 Å². The minimum Gasteiger partial charge on any atom is -0.385 e. The third-order valence-electron chi connectivity index (χ3n) is 2.65. The number of hydrogen-bond acceptors (Lipinski definition) is 4. The molecule has 0 aliphatic heterocycles. The van der Waals surface area contributed by atoms with Crippen LogP contribution in [0.2, 0.25) is 0 Å². The van der Waals surface area contributed by atoms with Crippen LogP contribution in [0.4, 0.5) is 5.69 Å². The summed E-state index contributed by atoms with van der Waals surface area (Å²) in [5.41, 5.74) is 3.31. The molecule has 1 N–H and O–H groups in total. The molecule has 0 fully saturated rings. The summed E-state index contributed by atoms with van der Waals surface area (Å²) < 4.78 is 1.67. The molecule has 0 aliphatic rings. The Bertz CT molecular complexity index is 464. The predicted molar refractivity (Wildman–Crippen MR) is 67.3 cm³/mol. The van der Waals surface area contributed by atoms with E-state index in [-0.39, 0.29) is 0 Å².